The van der Waals surface area contributed by atoms with Crippen LogP contribution in [0.5, 0.6) is 0 Å². The minimum absolute atomic E-state index is 0.336. The van der Waals surface area contributed by atoms with Crippen molar-refractivity contribution in [3.63, 3.8) is 0 Å². The summed E-state index contributed by atoms with van der Waals surface area (Å²) in [5, 5.41) is 6.61. The van der Waals surface area contributed by atoms with Crippen LogP contribution < -0.4 is 0 Å². The van der Waals surface area contributed by atoms with Crippen molar-refractivity contribution in [2.75, 3.05) is 6.61 Å². The van der Waals surface area contributed by atoms with Gasteiger partial charge in [-0.05, 0) is 41.5 Å². The topological polar surface area (TPSA) is 43.6 Å². The molecule has 0 N–H and O–H groups in total. The van der Waals surface area contributed by atoms with Crippen molar-refractivity contribution in [2.24, 2.45) is 0 Å². The van der Waals surface area contributed by atoms with Crippen molar-refractivity contribution in [1.82, 2.24) is 9.61 Å². The number of carbonyl (C=O) groups excluding carboxylic acids is 1. The Morgan fingerprint density at radius 3 is 2.75 bits per heavy atom. The number of esters is 1. The molecule has 2 aromatic carbocycles. The Balaban J connectivity index is 2.00. The maximum absolute atomic E-state index is 12.4. The molecule has 0 aliphatic heterocycles. The largest absolute Gasteiger partial charge is 0.462 e. The number of rotatable bonds is 3. The Hall–Kier alpha value is -3.14. The summed E-state index contributed by atoms with van der Waals surface area (Å²) in [6.07, 6.45) is 3.45. The zero-order valence-electron chi connectivity index (χ0n) is 13.3. The molecule has 0 fully saturated rings. The van der Waals surface area contributed by atoms with Crippen LogP contribution in [0, 0.1) is 0 Å². The molecular weight excluding hydrogens is 300 g/mol. The van der Waals surface area contributed by atoms with Crippen molar-refractivity contribution in [3.05, 3.63) is 72.6 Å². The number of aromatic nitrogens is 2. The zero-order valence-corrected chi connectivity index (χ0v) is 13.3. The van der Waals surface area contributed by atoms with Gasteiger partial charge in [-0.25, -0.2) is 9.31 Å². The summed E-state index contributed by atoms with van der Waals surface area (Å²) in [4.78, 5) is 12.4. The highest BCUT2D eigenvalue weighted by molar-refractivity contribution is 6.03. The van der Waals surface area contributed by atoms with Crippen LogP contribution in [-0.2, 0) is 4.74 Å². The Morgan fingerprint density at radius 2 is 1.92 bits per heavy atom. The minimum Gasteiger partial charge on any atom is -0.462 e. The molecule has 0 amide bonds. The van der Waals surface area contributed by atoms with E-state index in [1.807, 2.05) is 36.5 Å². The summed E-state index contributed by atoms with van der Waals surface area (Å²) in [7, 11) is 0. The monoisotopic (exact) mass is 316 g/mol. The molecule has 2 aromatic heterocycles. The summed E-state index contributed by atoms with van der Waals surface area (Å²) >= 11 is 0. The molecule has 0 saturated heterocycles. The third kappa shape index (κ3) is 2.33. The fourth-order valence-electron chi connectivity index (χ4n) is 3.01. The van der Waals surface area contributed by atoms with E-state index in [4.69, 9.17) is 4.74 Å². The molecule has 4 rings (SSSR count). The van der Waals surface area contributed by atoms with Gasteiger partial charge in [-0.3, -0.25) is 0 Å². The lowest BCUT2D eigenvalue weighted by Crippen LogP contribution is -2.09. The van der Waals surface area contributed by atoms with Crippen molar-refractivity contribution in [1.29, 1.82) is 0 Å². The third-order valence-corrected chi connectivity index (χ3v) is 4.10. The molecule has 24 heavy (non-hydrogen) atoms. The first-order valence-electron chi connectivity index (χ1n) is 7.90. The molecule has 4 nitrogen and oxygen atoms in total. The number of hydrogen-bond acceptors (Lipinski definition) is 3. The molecule has 0 radical (unpaired) electrons. The molecule has 118 valence electrons. The van der Waals surface area contributed by atoms with E-state index in [0.29, 0.717) is 12.2 Å². The van der Waals surface area contributed by atoms with Crippen LogP contribution in [0.2, 0.25) is 0 Å². The van der Waals surface area contributed by atoms with Crippen molar-refractivity contribution in [3.8, 4) is 11.1 Å². The van der Waals surface area contributed by atoms with Gasteiger partial charge in [-0.2, -0.15) is 5.10 Å². The molecule has 0 saturated carbocycles. The van der Waals surface area contributed by atoms with Crippen LogP contribution in [0.4, 0.5) is 0 Å². The zero-order chi connectivity index (χ0) is 16.5. The van der Waals surface area contributed by atoms with Crippen LogP contribution in [0.3, 0.4) is 0 Å². The van der Waals surface area contributed by atoms with E-state index in [1.165, 1.54) is 5.39 Å². The highest BCUT2D eigenvalue weighted by atomic mass is 16.5. The lowest BCUT2D eigenvalue weighted by molar-refractivity contribution is 0.0526. The summed E-state index contributed by atoms with van der Waals surface area (Å²) in [6.45, 7) is 2.14. The molecule has 0 unspecified atom stereocenters. The van der Waals surface area contributed by atoms with Gasteiger partial charge in [-0.15, -0.1) is 0 Å². The predicted molar refractivity (Wildman–Crippen MR) is 94.1 cm³/mol. The van der Waals surface area contributed by atoms with Gasteiger partial charge in [0.25, 0.3) is 0 Å². The smallest absolute Gasteiger partial charge is 0.340 e. The second-order valence-corrected chi connectivity index (χ2v) is 5.55. The second kappa shape index (κ2) is 5.81. The molecule has 4 aromatic rings. The van der Waals surface area contributed by atoms with E-state index in [0.717, 1.165) is 22.0 Å². The fraction of sp³-hybridized carbons (Fsp3) is 0.100. The molecule has 4 heteroatoms. The number of fused-ring (bicyclic) bond motifs is 2. The van der Waals surface area contributed by atoms with Crippen LogP contribution in [0.25, 0.3) is 27.4 Å². The van der Waals surface area contributed by atoms with E-state index in [1.54, 1.807) is 17.6 Å². The average Bonchev–Trinajstić information content (AvgIpc) is 3.09. The molecule has 0 aliphatic rings. The number of ether oxygens (including phenoxy) is 1. The van der Waals surface area contributed by atoms with Crippen molar-refractivity contribution < 1.29 is 9.53 Å². The Kier molecular flexibility index (Phi) is 3.50. The van der Waals surface area contributed by atoms with Gasteiger partial charge < -0.3 is 4.74 Å². The SMILES string of the molecule is CCOC(=O)c1cnn2cccc2c1-c1ccc2ccccc2c1. The van der Waals surface area contributed by atoms with Gasteiger partial charge in [-0.1, -0.05) is 36.4 Å². The van der Waals surface area contributed by atoms with Crippen LogP contribution in [-0.4, -0.2) is 22.2 Å². The summed E-state index contributed by atoms with van der Waals surface area (Å²) < 4.78 is 6.99. The quantitative estimate of drug-likeness (QED) is 0.528. The molecule has 0 bridgehead atoms. The normalized spacial score (nSPS) is 11.0. The number of benzene rings is 2. The standard InChI is InChI=1S/C20H16N2O2/c1-2-24-20(23)17-13-21-22-11-5-8-18(22)19(17)16-10-9-14-6-3-4-7-15(14)12-16/h3-13H,2H2,1H3. The molecule has 0 atom stereocenters. The van der Waals surface area contributed by atoms with E-state index in [-0.39, 0.29) is 5.97 Å². The first-order valence-corrected chi connectivity index (χ1v) is 7.90. The molecule has 0 spiro atoms. The predicted octanol–water partition coefficient (Wildman–Crippen LogP) is 4.33. The van der Waals surface area contributed by atoms with Crippen molar-refractivity contribution >= 4 is 22.3 Å². The minimum atomic E-state index is -0.350. The van der Waals surface area contributed by atoms with Gasteiger partial charge in [0.1, 0.15) is 0 Å². The van der Waals surface area contributed by atoms with E-state index in [9.17, 15) is 4.79 Å². The van der Waals surface area contributed by atoms with E-state index < -0.39 is 0 Å². The highest BCUT2D eigenvalue weighted by Crippen LogP contribution is 2.31. The first-order chi connectivity index (χ1) is 11.8. The van der Waals surface area contributed by atoms with Crippen LogP contribution in [0.15, 0.2) is 67.0 Å². The van der Waals surface area contributed by atoms with Gasteiger partial charge in [0.05, 0.1) is 23.9 Å². The highest BCUT2D eigenvalue weighted by Gasteiger charge is 2.18. The maximum Gasteiger partial charge on any atom is 0.340 e. The number of nitrogens with zero attached hydrogens (tertiary/aromatic N) is 2. The maximum atomic E-state index is 12.4. The lowest BCUT2D eigenvalue weighted by Gasteiger charge is -2.12. The molecule has 2 heterocycles. The average molecular weight is 316 g/mol. The Labute approximate surface area is 139 Å². The molecular formula is C20H16N2O2. The van der Waals surface area contributed by atoms with Gasteiger partial charge in [0, 0.05) is 11.8 Å². The van der Waals surface area contributed by atoms with E-state index in [2.05, 4.69) is 29.4 Å². The number of carbonyl (C=O) groups is 1. The Bertz CT molecular complexity index is 1050. The fourth-order valence-corrected chi connectivity index (χ4v) is 3.01. The summed E-state index contributed by atoms with van der Waals surface area (Å²) in [6, 6.07) is 18.3. The van der Waals surface area contributed by atoms with Gasteiger partial charge in [0.15, 0.2) is 0 Å². The molecule has 0 aliphatic carbocycles. The first kappa shape index (κ1) is 14.5. The summed E-state index contributed by atoms with van der Waals surface area (Å²) in [5.74, 6) is -0.350. The Morgan fingerprint density at radius 1 is 1.08 bits per heavy atom. The third-order valence-electron chi connectivity index (χ3n) is 4.10. The second-order valence-electron chi connectivity index (χ2n) is 5.55. The van der Waals surface area contributed by atoms with Gasteiger partial charge in [0.2, 0.25) is 0 Å². The number of hydrogen-bond donors (Lipinski definition) is 0. The van der Waals surface area contributed by atoms with Gasteiger partial charge >= 0.3 is 5.97 Å². The summed E-state index contributed by atoms with van der Waals surface area (Å²) in [5.41, 5.74) is 3.19. The van der Waals surface area contributed by atoms with Crippen LogP contribution >= 0.6 is 0 Å². The lowest BCUT2D eigenvalue weighted by atomic mass is 9.98. The van der Waals surface area contributed by atoms with Crippen molar-refractivity contribution in [2.45, 2.75) is 6.92 Å². The van der Waals surface area contributed by atoms with E-state index >= 15 is 0 Å². The van der Waals surface area contributed by atoms with Crippen LogP contribution in [0.1, 0.15) is 17.3 Å².